The Morgan fingerprint density at radius 1 is 1.20 bits per heavy atom. The molecule has 5 heteroatoms. The molecule has 0 fully saturated rings. The van der Waals surface area contributed by atoms with Crippen LogP contribution in [0.5, 0.6) is 0 Å². The van der Waals surface area contributed by atoms with Crippen LogP contribution in [0.25, 0.3) is 10.2 Å². The number of aromatic nitrogens is 3. The second-order valence-corrected chi connectivity index (χ2v) is 5.72. The lowest BCUT2D eigenvalue weighted by molar-refractivity contribution is 0.975. The lowest BCUT2D eigenvalue weighted by Gasteiger charge is -2.06. The Bertz CT molecular complexity index is 703. The van der Waals surface area contributed by atoms with Crippen molar-refractivity contribution in [1.82, 2.24) is 15.0 Å². The highest BCUT2D eigenvalue weighted by molar-refractivity contribution is 7.18. The Morgan fingerprint density at radius 3 is 2.85 bits per heavy atom. The average molecular weight is 284 g/mol. The maximum absolute atomic E-state index is 4.66. The van der Waals surface area contributed by atoms with E-state index in [9.17, 15) is 0 Å². The largest absolute Gasteiger partial charge is 0.354 e. The highest BCUT2D eigenvalue weighted by atomic mass is 32.1. The fourth-order valence-electron chi connectivity index (χ4n) is 2.04. The Morgan fingerprint density at radius 2 is 2.05 bits per heavy atom. The maximum Gasteiger partial charge on any atom is 0.222 e. The summed E-state index contributed by atoms with van der Waals surface area (Å²) in [7, 11) is 0. The molecule has 2 aromatic heterocycles. The average Bonchev–Trinajstić information content (AvgIpc) is 2.85. The Labute approximate surface area is 121 Å². The van der Waals surface area contributed by atoms with E-state index in [0.717, 1.165) is 34.7 Å². The number of hydrogen-bond donors (Lipinski definition) is 1. The van der Waals surface area contributed by atoms with Gasteiger partial charge >= 0.3 is 0 Å². The summed E-state index contributed by atoms with van der Waals surface area (Å²) < 4.78 is 1.22. The molecule has 1 aromatic carbocycles. The standard InChI is InChI=1S/C15H16N4S/c1-3-16-15-17-9-10(2)12(19-15)8-14-18-11-6-4-5-7-13(11)20-14/h4-7,9H,3,8H2,1-2H3,(H,16,17,19). The van der Waals surface area contributed by atoms with E-state index in [1.165, 1.54) is 4.70 Å². The third kappa shape index (κ3) is 2.63. The molecule has 0 unspecified atom stereocenters. The van der Waals surface area contributed by atoms with Crippen molar-refractivity contribution in [1.29, 1.82) is 0 Å². The van der Waals surface area contributed by atoms with Gasteiger partial charge < -0.3 is 5.32 Å². The number of aryl methyl sites for hydroxylation is 1. The molecule has 4 nitrogen and oxygen atoms in total. The van der Waals surface area contributed by atoms with Crippen LogP contribution in [-0.4, -0.2) is 21.5 Å². The molecule has 3 rings (SSSR count). The molecule has 3 aromatic rings. The summed E-state index contributed by atoms with van der Waals surface area (Å²) in [4.78, 5) is 13.5. The minimum atomic E-state index is 0.689. The predicted octanol–water partition coefficient (Wildman–Crippen LogP) is 3.42. The minimum absolute atomic E-state index is 0.689. The van der Waals surface area contributed by atoms with E-state index in [4.69, 9.17) is 0 Å². The molecule has 0 aliphatic carbocycles. The van der Waals surface area contributed by atoms with Crippen molar-refractivity contribution < 1.29 is 0 Å². The van der Waals surface area contributed by atoms with Gasteiger partial charge in [0, 0.05) is 19.2 Å². The Hall–Kier alpha value is -2.01. The van der Waals surface area contributed by atoms with E-state index in [1.54, 1.807) is 11.3 Å². The molecule has 2 heterocycles. The smallest absolute Gasteiger partial charge is 0.222 e. The molecule has 0 spiro atoms. The first kappa shape index (κ1) is 13.0. The molecule has 0 aliphatic heterocycles. The number of para-hydroxylation sites is 1. The fourth-order valence-corrected chi connectivity index (χ4v) is 3.01. The summed E-state index contributed by atoms with van der Waals surface area (Å²) >= 11 is 1.73. The molecular formula is C15H16N4S. The van der Waals surface area contributed by atoms with E-state index < -0.39 is 0 Å². The molecule has 20 heavy (non-hydrogen) atoms. The monoisotopic (exact) mass is 284 g/mol. The van der Waals surface area contributed by atoms with Crippen LogP contribution < -0.4 is 5.32 Å². The lowest BCUT2D eigenvalue weighted by atomic mass is 10.2. The Kier molecular flexibility index (Phi) is 3.60. The molecule has 0 saturated carbocycles. The van der Waals surface area contributed by atoms with Crippen molar-refractivity contribution in [2.24, 2.45) is 0 Å². The molecule has 0 aliphatic rings. The van der Waals surface area contributed by atoms with Crippen LogP contribution in [0, 0.1) is 6.92 Å². The van der Waals surface area contributed by atoms with E-state index >= 15 is 0 Å². The summed E-state index contributed by atoms with van der Waals surface area (Å²) in [6.07, 6.45) is 2.62. The van der Waals surface area contributed by atoms with Gasteiger partial charge in [0.1, 0.15) is 0 Å². The number of nitrogens with one attached hydrogen (secondary N) is 1. The van der Waals surface area contributed by atoms with Crippen LogP contribution in [0.15, 0.2) is 30.5 Å². The molecular weight excluding hydrogens is 268 g/mol. The molecule has 0 radical (unpaired) electrons. The number of nitrogens with zero attached hydrogens (tertiary/aromatic N) is 3. The number of anilines is 1. The zero-order chi connectivity index (χ0) is 13.9. The molecule has 0 bridgehead atoms. The lowest BCUT2D eigenvalue weighted by Crippen LogP contribution is -2.05. The number of benzene rings is 1. The van der Waals surface area contributed by atoms with Gasteiger partial charge in [0.05, 0.1) is 20.9 Å². The van der Waals surface area contributed by atoms with Crippen LogP contribution in [-0.2, 0) is 6.42 Å². The van der Waals surface area contributed by atoms with Gasteiger partial charge in [0.25, 0.3) is 0 Å². The third-order valence-electron chi connectivity index (χ3n) is 3.07. The number of rotatable bonds is 4. The summed E-state index contributed by atoms with van der Waals surface area (Å²) in [5, 5.41) is 4.24. The zero-order valence-electron chi connectivity index (χ0n) is 11.6. The summed E-state index contributed by atoms with van der Waals surface area (Å²) in [5.74, 6) is 0.689. The fraction of sp³-hybridized carbons (Fsp3) is 0.267. The first-order valence-corrected chi connectivity index (χ1v) is 7.48. The van der Waals surface area contributed by atoms with Gasteiger partial charge in [-0.05, 0) is 31.5 Å². The van der Waals surface area contributed by atoms with Gasteiger partial charge in [-0.3, -0.25) is 0 Å². The van der Waals surface area contributed by atoms with Gasteiger partial charge in [-0.1, -0.05) is 12.1 Å². The second-order valence-electron chi connectivity index (χ2n) is 4.61. The topological polar surface area (TPSA) is 50.7 Å². The molecule has 1 N–H and O–H groups in total. The minimum Gasteiger partial charge on any atom is -0.354 e. The highest BCUT2D eigenvalue weighted by Gasteiger charge is 2.09. The molecule has 0 amide bonds. The van der Waals surface area contributed by atoms with Crippen molar-refractivity contribution in [3.63, 3.8) is 0 Å². The van der Waals surface area contributed by atoms with E-state index in [-0.39, 0.29) is 0 Å². The van der Waals surface area contributed by atoms with Crippen LogP contribution in [0.3, 0.4) is 0 Å². The summed E-state index contributed by atoms with van der Waals surface area (Å²) in [6, 6.07) is 8.22. The van der Waals surface area contributed by atoms with Crippen molar-refractivity contribution >= 4 is 27.5 Å². The molecule has 0 saturated heterocycles. The van der Waals surface area contributed by atoms with Crippen LogP contribution >= 0.6 is 11.3 Å². The zero-order valence-corrected chi connectivity index (χ0v) is 12.4. The van der Waals surface area contributed by atoms with Crippen molar-refractivity contribution in [2.75, 3.05) is 11.9 Å². The van der Waals surface area contributed by atoms with Gasteiger partial charge in [-0.25, -0.2) is 15.0 Å². The number of fused-ring (bicyclic) bond motifs is 1. The van der Waals surface area contributed by atoms with E-state index in [0.29, 0.717) is 5.95 Å². The first-order valence-electron chi connectivity index (χ1n) is 6.67. The quantitative estimate of drug-likeness (QED) is 0.797. The van der Waals surface area contributed by atoms with Gasteiger partial charge in [-0.2, -0.15) is 0 Å². The maximum atomic E-state index is 4.66. The third-order valence-corrected chi connectivity index (χ3v) is 4.10. The summed E-state index contributed by atoms with van der Waals surface area (Å²) in [5.41, 5.74) is 3.20. The number of hydrogen-bond acceptors (Lipinski definition) is 5. The van der Waals surface area contributed by atoms with E-state index in [2.05, 4.69) is 26.3 Å². The van der Waals surface area contributed by atoms with E-state index in [1.807, 2.05) is 38.2 Å². The van der Waals surface area contributed by atoms with Crippen LogP contribution in [0.4, 0.5) is 5.95 Å². The summed E-state index contributed by atoms with van der Waals surface area (Å²) in [6.45, 7) is 4.90. The molecule has 102 valence electrons. The predicted molar refractivity (Wildman–Crippen MR) is 83.4 cm³/mol. The first-order chi connectivity index (χ1) is 9.76. The van der Waals surface area contributed by atoms with Crippen molar-refractivity contribution in [3.05, 3.63) is 46.7 Å². The highest BCUT2D eigenvalue weighted by Crippen LogP contribution is 2.24. The van der Waals surface area contributed by atoms with Crippen molar-refractivity contribution in [2.45, 2.75) is 20.3 Å². The SMILES string of the molecule is CCNc1ncc(C)c(Cc2nc3ccccc3s2)n1. The van der Waals surface area contributed by atoms with Gasteiger partial charge in [-0.15, -0.1) is 11.3 Å². The number of thiazole rings is 1. The van der Waals surface area contributed by atoms with Crippen LogP contribution in [0.2, 0.25) is 0 Å². The van der Waals surface area contributed by atoms with Gasteiger partial charge in [0.2, 0.25) is 5.95 Å². The van der Waals surface area contributed by atoms with Gasteiger partial charge in [0.15, 0.2) is 0 Å². The Balaban J connectivity index is 1.91. The second kappa shape index (κ2) is 5.54. The van der Waals surface area contributed by atoms with Crippen molar-refractivity contribution in [3.8, 4) is 0 Å². The molecule has 0 atom stereocenters. The normalized spacial score (nSPS) is 10.9. The van der Waals surface area contributed by atoms with Crippen LogP contribution in [0.1, 0.15) is 23.2 Å².